The zero-order valence-corrected chi connectivity index (χ0v) is 14.2. The number of allylic oxidation sites excluding steroid dienone is 1. The van der Waals surface area contributed by atoms with Gasteiger partial charge in [0.05, 0.1) is 11.6 Å². The summed E-state index contributed by atoms with van der Waals surface area (Å²) in [5.41, 5.74) is 0.147. The van der Waals surface area contributed by atoms with Crippen LogP contribution in [-0.2, 0) is 11.0 Å². The smallest absolute Gasteiger partial charge is 0.327 e. The maximum absolute atomic E-state index is 13.0. The third kappa shape index (κ3) is 3.15. The van der Waals surface area contributed by atoms with Gasteiger partial charge < -0.3 is 10.2 Å². The third-order valence-corrected chi connectivity index (χ3v) is 4.71. The number of ketones is 1. The number of amides is 2. The molecule has 4 nitrogen and oxygen atoms in total. The van der Waals surface area contributed by atoms with Crippen LogP contribution >= 0.6 is 0 Å². The van der Waals surface area contributed by atoms with Gasteiger partial charge in [-0.2, -0.15) is 13.2 Å². The van der Waals surface area contributed by atoms with Gasteiger partial charge in [-0.3, -0.25) is 4.79 Å². The van der Waals surface area contributed by atoms with Crippen LogP contribution in [0.4, 0.5) is 18.0 Å². The number of rotatable bonds is 1. The summed E-state index contributed by atoms with van der Waals surface area (Å²) >= 11 is 0. The Hall–Kier alpha value is -2.31. The van der Waals surface area contributed by atoms with E-state index in [4.69, 9.17) is 0 Å². The molecule has 1 N–H and O–H groups in total. The second kappa shape index (κ2) is 5.61. The minimum absolute atomic E-state index is 0.138. The minimum Gasteiger partial charge on any atom is -0.327 e. The number of nitrogens with zero attached hydrogens (tertiary/aromatic N) is 1. The van der Waals surface area contributed by atoms with Gasteiger partial charge in [-0.25, -0.2) is 4.79 Å². The Morgan fingerprint density at radius 3 is 2.52 bits per heavy atom. The second-order valence-corrected chi connectivity index (χ2v) is 7.37. The Balaban J connectivity index is 2.12. The van der Waals surface area contributed by atoms with E-state index < -0.39 is 23.8 Å². The first-order valence-electron chi connectivity index (χ1n) is 7.97. The number of carbonyl (C=O) groups is 2. The molecule has 0 spiro atoms. The van der Waals surface area contributed by atoms with Crippen LogP contribution in [0.2, 0.25) is 0 Å². The maximum Gasteiger partial charge on any atom is 0.416 e. The van der Waals surface area contributed by atoms with Gasteiger partial charge in [-0.15, -0.1) is 0 Å². The zero-order valence-electron chi connectivity index (χ0n) is 14.2. The Kier molecular flexibility index (Phi) is 3.93. The third-order valence-electron chi connectivity index (χ3n) is 4.71. The van der Waals surface area contributed by atoms with Gasteiger partial charge in [-0.1, -0.05) is 26.0 Å². The number of urea groups is 1. The lowest BCUT2D eigenvalue weighted by molar-refractivity contribution is -0.137. The molecule has 134 valence electrons. The average molecular weight is 352 g/mol. The van der Waals surface area contributed by atoms with Crippen LogP contribution in [0.25, 0.3) is 0 Å². The molecular formula is C18H19F3N2O2. The topological polar surface area (TPSA) is 49.4 Å². The number of Topliss-reactive ketones (excluding diaryl/α,β-unsaturated/α-hetero) is 1. The molecule has 1 atom stereocenters. The van der Waals surface area contributed by atoms with Crippen LogP contribution in [0.1, 0.15) is 43.9 Å². The Morgan fingerprint density at radius 2 is 1.88 bits per heavy atom. The Morgan fingerprint density at radius 1 is 1.20 bits per heavy atom. The van der Waals surface area contributed by atoms with Crippen molar-refractivity contribution in [2.75, 3.05) is 7.05 Å². The number of carbonyl (C=O) groups excluding carboxylic acids is 2. The standard InChI is InChI=1S/C18H19F3N2O2/c1-17(2)8-12-14(13(24)9-17)15(22-16(25)23(12)3)10-5-4-6-11(7-10)18(19,20)21/h4-7,15H,8-9H2,1-3H3,(H,22,25). The van der Waals surface area contributed by atoms with E-state index in [0.29, 0.717) is 24.1 Å². The molecule has 3 rings (SSSR count). The summed E-state index contributed by atoms with van der Waals surface area (Å²) in [4.78, 5) is 26.4. The summed E-state index contributed by atoms with van der Waals surface area (Å²) < 4.78 is 39.0. The molecule has 0 saturated heterocycles. The Bertz CT molecular complexity index is 781. The Labute approximate surface area is 143 Å². The van der Waals surface area contributed by atoms with Gasteiger partial charge in [0.25, 0.3) is 0 Å². The van der Waals surface area contributed by atoms with Gasteiger partial charge in [0.2, 0.25) is 0 Å². The highest BCUT2D eigenvalue weighted by Crippen LogP contribution is 2.44. The van der Waals surface area contributed by atoms with Crippen molar-refractivity contribution >= 4 is 11.8 Å². The van der Waals surface area contributed by atoms with Gasteiger partial charge in [-0.05, 0) is 29.5 Å². The predicted molar refractivity (Wildman–Crippen MR) is 85.5 cm³/mol. The molecule has 1 aromatic carbocycles. The summed E-state index contributed by atoms with van der Waals surface area (Å²) in [5, 5.41) is 2.66. The molecule has 7 heteroatoms. The zero-order chi connectivity index (χ0) is 18.6. The van der Waals surface area contributed by atoms with Crippen LogP contribution in [0.5, 0.6) is 0 Å². The van der Waals surface area contributed by atoms with E-state index in [1.54, 1.807) is 7.05 Å². The van der Waals surface area contributed by atoms with Crippen molar-refractivity contribution < 1.29 is 22.8 Å². The highest BCUT2D eigenvalue weighted by molar-refractivity contribution is 6.01. The summed E-state index contributed by atoms with van der Waals surface area (Å²) in [6, 6.07) is 3.48. The number of alkyl halides is 3. The molecule has 2 aliphatic rings. The SMILES string of the molecule is CN1C(=O)NC(c2cccc(C(F)(F)F)c2)C2=C1CC(C)(C)CC2=O. The number of nitrogens with one attached hydrogen (secondary N) is 1. The van der Waals surface area contributed by atoms with E-state index in [-0.39, 0.29) is 16.8 Å². The summed E-state index contributed by atoms with van der Waals surface area (Å²) in [6.45, 7) is 3.88. The molecule has 0 saturated carbocycles. The van der Waals surface area contributed by atoms with E-state index >= 15 is 0 Å². The van der Waals surface area contributed by atoms with Crippen LogP contribution in [-0.4, -0.2) is 23.8 Å². The van der Waals surface area contributed by atoms with Crippen molar-refractivity contribution in [3.05, 3.63) is 46.7 Å². The molecule has 0 radical (unpaired) electrons. The molecule has 2 amide bonds. The summed E-state index contributed by atoms with van der Waals surface area (Å²) in [7, 11) is 1.57. The van der Waals surface area contributed by atoms with Crippen LogP contribution < -0.4 is 5.32 Å². The van der Waals surface area contributed by atoms with Gasteiger partial charge in [0, 0.05) is 24.7 Å². The minimum atomic E-state index is -4.48. The lowest BCUT2D eigenvalue weighted by Gasteiger charge is -2.42. The fourth-order valence-electron chi connectivity index (χ4n) is 3.49. The van der Waals surface area contributed by atoms with Gasteiger partial charge >= 0.3 is 12.2 Å². The summed E-state index contributed by atoms with van der Waals surface area (Å²) in [5.74, 6) is -0.138. The van der Waals surface area contributed by atoms with Crippen molar-refractivity contribution in [1.82, 2.24) is 10.2 Å². The number of hydrogen-bond acceptors (Lipinski definition) is 2. The van der Waals surface area contributed by atoms with Crippen molar-refractivity contribution in [2.24, 2.45) is 5.41 Å². The van der Waals surface area contributed by atoms with E-state index in [1.807, 2.05) is 13.8 Å². The fourth-order valence-corrected chi connectivity index (χ4v) is 3.49. The molecule has 1 unspecified atom stereocenters. The quantitative estimate of drug-likeness (QED) is 0.829. The first kappa shape index (κ1) is 17.5. The average Bonchev–Trinajstić information content (AvgIpc) is 2.49. The number of benzene rings is 1. The maximum atomic E-state index is 13.0. The normalized spacial score (nSPS) is 23.4. The van der Waals surface area contributed by atoms with Crippen molar-refractivity contribution in [2.45, 2.75) is 38.9 Å². The number of hydrogen-bond donors (Lipinski definition) is 1. The summed E-state index contributed by atoms with van der Waals surface area (Å²) in [6.07, 6.45) is -3.67. The first-order chi connectivity index (χ1) is 11.5. The molecule has 25 heavy (non-hydrogen) atoms. The largest absolute Gasteiger partial charge is 0.416 e. The first-order valence-corrected chi connectivity index (χ1v) is 7.97. The highest BCUT2D eigenvalue weighted by atomic mass is 19.4. The van der Waals surface area contributed by atoms with E-state index in [2.05, 4.69) is 5.32 Å². The molecular weight excluding hydrogens is 333 g/mol. The predicted octanol–water partition coefficient (Wildman–Crippen LogP) is 4.04. The van der Waals surface area contributed by atoms with Crippen LogP contribution in [0.3, 0.4) is 0 Å². The monoisotopic (exact) mass is 352 g/mol. The van der Waals surface area contributed by atoms with Gasteiger partial charge in [0.15, 0.2) is 5.78 Å². The van der Waals surface area contributed by atoms with Crippen LogP contribution in [0, 0.1) is 5.41 Å². The fraction of sp³-hybridized carbons (Fsp3) is 0.444. The van der Waals surface area contributed by atoms with Crippen molar-refractivity contribution in [1.29, 1.82) is 0 Å². The van der Waals surface area contributed by atoms with Gasteiger partial charge in [0.1, 0.15) is 0 Å². The van der Waals surface area contributed by atoms with Crippen molar-refractivity contribution in [3.63, 3.8) is 0 Å². The molecule has 0 fully saturated rings. The van der Waals surface area contributed by atoms with Crippen LogP contribution in [0.15, 0.2) is 35.5 Å². The van der Waals surface area contributed by atoms with E-state index in [9.17, 15) is 22.8 Å². The number of halogens is 3. The molecule has 1 aromatic rings. The molecule has 1 aliphatic heterocycles. The van der Waals surface area contributed by atoms with E-state index in [0.717, 1.165) is 12.1 Å². The van der Waals surface area contributed by atoms with E-state index in [1.165, 1.54) is 17.0 Å². The molecule has 0 bridgehead atoms. The van der Waals surface area contributed by atoms with Crippen molar-refractivity contribution in [3.8, 4) is 0 Å². The molecule has 1 aliphatic carbocycles. The lowest BCUT2D eigenvalue weighted by Crippen LogP contribution is -2.49. The highest BCUT2D eigenvalue weighted by Gasteiger charge is 2.43. The lowest BCUT2D eigenvalue weighted by atomic mass is 9.72. The molecule has 1 heterocycles. The second-order valence-electron chi connectivity index (χ2n) is 7.37. The molecule has 0 aromatic heterocycles.